The molecule has 0 unspecified atom stereocenters. The Hall–Kier alpha value is -1.65. The lowest BCUT2D eigenvalue weighted by molar-refractivity contribution is -0.114. The lowest BCUT2D eigenvalue weighted by Crippen LogP contribution is -2.29. The summed E-state index contributed by atoms with van der Waals surface area (Å²) in [6.07, 6.45) is 0. The fourth-order valence-electron chi connectivity index (χ4n) is 2.51. The molecule has 5 heteroatoms. The maximum absolute atomic E-state index is 12.2. The third-order valence-corrected chi connectivity index (χ3v) is 4.68. The van der Waals surface area contributed by atoms with E-state index in [9.17, 15) is 9.59 Å². The lowest BCUT2D eigenvalue weighted by atomic mass is 10.0. The SMILES string of the molecule is Cc1ccc(C)c2c1C(=O)C(=O)N2Cc1ccc(Cl)s1. The molecule has 0 spiro atoms. The van der Waals surface area contributed by atoms with Crippen molar-refractivity contribution in [3.05, 3.63) is 50.2 Å². The van der Waals surface area contributed by atoms with Crippen molar-refractivity contribution in [2.24, 2.45) is 0 Å². The van der Waals surface area contributed by atoms with Crippen LogP contribution in [0, 0.1) is 13.8 Å². The van der Waals surface area contributed by atoms with Gasteiger partial charge in [0.05, 0.1) is 22.1 Å². The topological polar surface area (TPSA) is 37.4 Å². The van der Waals surface area contributed by atoms with E-state index in [0.29, 0.717) is 16.4 Å². The summed E-state index contributed by atoms with van der Waals surface area (Å²) in [5.74, 6) is -0.870. The molecular weight excluding hydrogens is 294 g/mol. The van der Waals surface area contributed by atoms with Gasteiger partial charge in [0.1, 0.15) is 0 Å². The molecule has 0 saturated carbocycles. The van der Waals surface area contributed by atoms with Crippen LogP contribution in [0.15, 0.2) is 24.3 Å². The van der Waals surface area contributed by atoms with Gasteiger partial charge in [-0.15, -0.1) is 11.3 Å². The van der Waals surface area contributed by atoms with Crippen molar-refractivity contribution in [2.75, 3.05) is 4.90 Å². The Balaban J connectivity index is 2.08. The van der Waals surface area contributed by atoms with E-state index < -0.39 is 11.7 Å². The van der Waals surface area contributed by atoms with Crippen LogP contribution in [0.25, 0.3) is 0 Å². The van der Waals surface area contributed by atoms with Crippen molar-refractivity contribution < 1.29 is 9.59 Å². The highest BCUT2D eigenvalue weighted by atomic mass is 35.5. The fourth-order valence-corrected chi connectivity index (χ4v) is 3.58. The Labute approximate surface area is 125 Å². The van der Waals surface area contributed by atoms with Crippen LogP contribution in [-0.2, 0) is 11.3 Å². The molecule has 2 aromatic rings. The van der Waals surface area contributed by atoms with Crippen LogP contribution >= 0.6 is 22.9 Å². The molecule has 1 aliphatic rings. The quantitative estimate of drug-likeness (QED) is 0.792. The summed E-state index contributed by atoms with van der Waals surface area (Å²) >= 11 is 7.34. The molecule has 2 heterocycles. The first-order chi connectivity index (χ1) is 9.49. The van der Waals surface area contributed by atoms with E-state index in [1.165, 1.54) is 11.3 Å². The standard InChI is InChI=1S/C15H12ClNO2S/c1-8-3-4-9(2)13-12(8)14(18)15(19)17(13)7-10-5-6-11(16)20-10/h3-6H,7H2,1-2H3. The predicted molar refractivity (Wildman–Crippen MR) is 80.8 cm³/mol. The summed E-state index contributed by atoms with van der Waals surface area (Å²) in [7, 11) is 0. The Morgan fingerprint density at radius 2 is 1.80 bits per heavy atom. The van der Waals surface area contributed by atoms with Crippen LogP contribution in [0.2, 0.25) is 4.34 Å². The summed E-state index contributed by atoms with van der Waals surface area (Å²) in [5, 5.41) is 0. The van der Waals surface area contributed by atoms with E-state index in [2.05, 4.69) is 0 Å². The first-order valence-corrected chi connectivity index (χ1v) is 7.39. The monoisotopic (exact) mass is 305 g/mol. The number of ketones is 1. The number of aryl methyl sites for hydroxylation is 2. The second-order valence-electron chi connectivity index (χ2n) is 4.85. The zero-order valence-corrected chi connectivity index (χ0v) is 12.6. The molecule has 0 saturated heterocycles. The molecule has 1 aromatic carbocycles. The van der Waals surface area contributed by atoms with Gasteiger partial charge in [0.25, 0.3) is 11.7 Å². The number of benzene rings is 1. The van der Waals surface area contributed by atoms with Crippen LogP contribution < -0.4 is 4.90 Å². The zero-order valence-electron chi connectivity index (χ0n) is 11.1. The van der Waals surface area contributed by atoms with E-state index in [0.717, 1.165) is 21.7 Å². The molecule has 3 nitrogen and oxygen atoms in total. The highest BCUT2D eigenvalue weighted by Crippen LogP contribution is 2.36. The number of rotatable bonds is 2. The van der Waals surface area contributed by atoms with Crippen molar-refractivity contribution in [3.8, 4) is 0 Å². The van der Waals surface area contributed by atoms with Crippen molar-refractivity contribution in [1.82, 2.24) is 0 Å². The second kappa shape index (κ2) is 4.72. The molecule has 0 radical (unpaired) electrons. The van der Waals surface area contributed by atoms with Crippen molar-refractivity contribution in [1.29, 1.82) is 0 Å². The molecular formula is C15H12ClNO2S. The number of anilines is 1. The number of amides is 1. The molecule has 0 fully saturated rings. The van der Waals surface area contributed by atoms with E-state index in [1.54, 1.807) is 11.0 Å². The van der Waals surface area contributed by atoms with Gasteiger partial charge in [-0.3, -0.25) is 14.5 Å². The van der Waals surface area contributed by atoms with E-state index in [-0.39, 0.29) is 0 Å². The van der Waals surface area contributed by atoms with Gasteiger partial charge in [0.2, 0.25) is 0 Å². The predicted octanol–water partition coefficient (Wildman–Crippen LogP) is 3.75. The van der Waals surface area contributed by atoms with Crippen LogP contribution in [-0.4, -0.2) is 11.7 Å². The van der Waals surface area contributed by atoms with Crippen LogP contribution in [0.1, 0.15) is 26.4 Å². The first-order valence-electron chi connectivity index (χ1n) is 6.19. The van der Waals surface area contributed by atoms with Gasteiger partial charge in [-0.05, 0) is 37.1 Å². The van der Waals surface area contributed by atoms with Crippen molar-refractivity contribution >= 4 is 40.3 Å². The van der Waals surface area contributed by atoms with E-state index >= 15 is 0 Å². The number of carbonyl (C=O) groups is 2. The highest BCUT2D eigenvalue weighted by molar-refractivity contribution is 7.16. The summed E-state index contributed by atoms with van der Waals surface area (Å²) in [6.45, 7) is 4.16. The molecule has 102 valence electrons. The number of hydrogen-bond donors (Lipinski definition) is 0. The first kappa shape index (κ1) is 13.3. The fraction of sp³-hybridized carbons (Fsp3) is 0.200. The number of thiophene rings is 1. The van der Waals surface area contributed by atoms with E-state index in [4.69, 9.17) is 11.6 Å². The van der Waals surface area contributed by atoms with Crippen LogP contribution in [0.5, 0.6) is 0 Å². The minimum absolute atomic E-state index is 0.388. The minimum atomic E-state index is -0.457. The normalized spacial score (nSPS) is 14.1. The molecule has 1 aliphatic heterocycles. The minimum Gasteiger partial charge on any atom is -0.299 e. The summed E-state index contributed by atoms with van der Waals surface area (Å²) in [6, 6.07) is 7.50. The number of fused-ring (bicyclic) bond motifs is 1. The van der Waals surface area contributed by atoms with Gasteiger partial charge in [0.15, 0.2) is 0 Å². The average Bonchev–Trinajstić information content (AvgIpc) is 2.92. The van der Waals surface area contributed by atoms with Gasteiger partial charge >= 0.3 is 0 Å². The molecule has 0 aliphatic carbocycles. The number of Topliss-reactive ketones (excluding diaryl/α,β-unsaturated/α-hetero) is 1. The number of nitrogens with zero attached hydrogens (tertiary/aromatic N) is 1. The molecule has 1 amide bonds. The van der Waals surface area contributed by atoms with Gasteiger partial charge in [-0.25, -0.2) is 0 Å². The summed E-state index contributed by atoms with van der Waals surface area (Å²) in [5.41, 5.74) is 3.06. The molecule has 20 heavy (non-hydrogen) atoms. The Bertz CT molecular complexity index is 735. The Kier molecular flexibility index (Phi) is 3.15. The molecule has 3 rings (SSSR count). The smallest absolute Gasteiger partial charge is 0.299 e. The third kappa shape index (κ3) is 1.96. The van der Waals surface area contributed by atoms with Gasteiger partial charge in [-0.1, -0.05) is 23.7 Å². The Morgan fingerprint density at radius 1 is 1.10 bits per heavy atom. The second-order valence-corrected chi connectivity index (χ2v) is 6.65. The Morgan fingerprint density at radius 3 is 2.45 bits per heavy atom. The molecule has 0 bridgehead atoms. The van der Waals surface area contributed by atoms with Crippen molar-refractivity contribution in [2.45, 2.75) is 20.4 Å². The van der Waals surface area contributed by atoms with Gasteiger partial charge in [0, 0.05) is 4.88 Å². The lowest BCUT2D eigenvalue weighted by Gasteiger charge is -2.18. The highest BCUT2D eigenvalue weighted by Gasteiger charge is 2.38. The summed E-state index contributed by atoms with van der Waals surface area (Å²) in [4.78, 5) is 26.9. The molecule has 1 aromatic heterocycles. The van der Waals surface area contributed by atoms with Gasteiger partial charge in [-0.2, -0.15) is 0 Å². The third-order valence-electron chi connectivity index (χ3n) is 3.47. The number of carbonyl (C=O) groups excluding carboxylic acids is 2. The maximum Gasteiger partial charge on any atom is 0.299 e. The van der Waals surface area contributed by atoms with Gasteiger partial charge < -0.3 is 0 Å². The van der Waals surface area contributed by atoms with E-state index in [1.807, 2.05) is 32.0 Å². The molecule has 0 N–H and O–H groups in total. The zero-order chi connectivity index (χ0) is 14.4. The maximum atomic E-state index is 12.2. The number of halogens is 1. The largest absolute Gasteiger partial charge is 0.299 e. The van der Waals surface area contributed by atoms with Crippen molar-refractivity contribution in [3.63, 3.8) is 0 Å². The summed E-state index contributed by atoms with van der Waals surface area (Å²) < 4.78 is 0.680. The van der Waals surface area contributed by atoms with Crippen LogP contribution in [0.3, 0.4) is 0 Å². The average molecular weight is 306 g/mol. The van der Waals surface area contributed by atoms with Crippen LogP contribution in [0.4, 0.5) is 5.69 Å². The number of hydrogen-bond acceptors (Lipinski definition) is 3. The molecule has 0 atom stereocenters.